The Morgan fingerprint density at radius 1 is 1.41 bits per heavy atom. The molecule has 1 rings (SSSR count). The zero-order valence-corrected chi connectivity index (χ0v) is 9.18. The van der Waals surface area contributed by atoms with Crippen molar-refractivity contribution in [3.8, 4) is 5.75 Å². The van der Waals surface area contributed by atoms with Crippen molar-refractivity contribution in [2.75, 3.05) is 6.61 Å². The fourth-order valence-electron chi connectivity index (χ4n) is 1.11. The van der Waals surface area contributed by atoms with Crippen LogP contribution in [0.4, 0.5) is 13.2 Å². The Morgan fingerprint density at radius 3 is 2.53 bits per heavy atom. The van der Waals surface area contributed by atoms with Gasteiger partial charge in [0.15, 0.2) is 6.61 Å². The van der Waals surface area contributed by atoms with Gasteiger partial charge in [0, 0.05) is 0 Å². The van der Waals surface area contributed by atoms with Gasteiger partial charge in [0.25, 0.3) is 0 Å². The normalized spacial score (nSPS) is 11.3. The van der Waals surface area contributed by atoms with Crippen LogP contribution in [0.3, 0.4) is 0 Å². The molecule has 0 amide bonds. The maximum Gasteiger partial charge on any atom is 0.422 e. The summed E-state index contributed by atoms with van der Waals surface area (Å²) in [7, 11) is 0. The van der Waals surface area contributed by atoms with Gasteiger partial charge in [-0.05, 0) is 17.7 Å². The summed E-state index contributed by atoms with van der Waals surface area (Å²) >= 11 is 5.66. The van der Waals surface area contributed by atoms with E-state index in [1.165, 1.54) is 18.2 Å². The first kappa shape index (κ1) is 13.6. The van der Waals surface area contributed by atoms with Crippen LogP contribution in [0, 0.1) is 0 Å². The van der Waals surface area contributed by atoms with Gasteiger partial charge in [-0.2, -0.15) is 13.2 Å². The molecular weight excluding hydrogens is 261 g/mol. The van der Waals surface area contributed by atoms with E-state index in [4.69, 9.17) is 16.7 Å². The predicted octanol–water partition coefficient (Wildman–Crippen LogP) is 2.91. The lowest BCUT2D eigenvalue weighted by molar-refractivity contribution is -0.153. The highest BCUT2D eigenvalue weighted by molar-refractivity contribution is 6.32. The van der Waals surface area contributed by atoms with Gasteiger partial charge in [-0.15, -0.1) is 0 Å². The smallest absolute Gasteiger partial charge is 0.422 e. The summed E-state index contributed by atoms with van der Waals surface area (Å²) in [4.78, 5) is 10.4. The minimum atomic E-state index is -4.44. The number of alkyl halides is 3. The number of hydrogen-bond acceptors (Lipinski definition) is 2. The molecule has 0 saturated carbocycles. The molecule has 0 atom stereocenters. The van der Waals surface area contributed by atoms with Gasteiger partial charge in [-0.1, -0.05) is 17.7 Å². The zero-order valence-electron chi connectivity index (χ0n) is 8.42. The number of carboxylic acids is 1. The zero-order chi connectivity index (χ0) is 13.1. The summed E-state index contributed by atoms with van der Waals surface area (Å²) in [5.74, 6) is -1.18. The molecule has 0 bridgehead atoms. The second-order valence-electron chi connectivity index (χ2n) is 3.24. The molecule has 0 heterocycles. The minimum absolute atomic E-state index is 0.0481. The molecule has 0 saturated heterocycles. The average Bonchev–Trinajstić information content (AvgIpc) is 2.13. The van der Waals surface area contributed by atoms with Crippen LogP contribution in [-0.2, 0) is 11.2 Å². The van der Waals surface area contributed by atoms with Crippen molar-refractivity contribution in [2.45, 2.75) is 12.6 Å². The largest absolute Gasteiger partial charge is 0.483 e. The van der Waals surface area contributed by atoms with E-state index in [-0.39, 0.29) is 17.2 Å². The Morgan fingerprint density at radius 2 is 2.06 bits per heavy atom. The van der Waals surface area contributed by atoms with Crippen LogP contribution in [0.25, 0.3) is 0 Å². The Hall–Kier alpha value is -1.43. The first-order valence-corrected chi connectivity index (χ1v) is 4.85. The van der Waals surface area contributed by atoms with Gasteiger partial charge < -0.3 is 9.84 Å². The molecule has 0 aromatic heterocycles. The molecule has 3 nitrogen and oxygen atoms in total. The summed E-state index contributed by atoms with van der Waals surface area (Å²) in [5.41, 5.74) is 0.391. The van der Waals surface area contributed by atoms with Crippen LogP contribution in [0.2, 0.25) is 5.02 Å². The Kier molecular flexibility index (Phi) is 4.22. The van der Waals surface area contributed by atoms with Crippen LogP contribution in [0.1, 0.15) is 5.56 Å². The molecule has 17 heavy (non-hydrogen) atoms. The molecule has 1 N–H and O–H groups in total. The lowest BCUT2D eigenvalue weighted by Gasteiger charge is -2.10. The van der Waals surface area contributed by atoms with Crippen molar-refractivity contribution < 1.29 is 27.8 Å². The van der Waals surface area contributed by atoms with E-state index in [2.05, 4.69) is 4.74 Å². The van der Waals surface area contributed by atoms with Crippen LogP contribution in [0.5, 0.6) is 5.75 Å². The van der Waals surface area contributed by atoms with Crippen molar-refractivity contribution >= 4 is 17.6 Å². The fraction of sp³-hybridized carbons (Fsp3) is 0.300. The van der Waals surface area contributed by atoms with Gasteiger partial charge in [-0.25, -0.2) is 0 Å². The molecule has 0 radical (unpaired) electrons. The predicted molar refractivity (Wildman–Crippen MR) is 54.3 cm³/mol. The number of hydrogen-bond donors (Lipinski definition) is 1. The molecule has 0 aliphatic heterocycles. The summed E-state index contributed by atoms with van der Waals surface area (Å²) in [5, 5.41) is 8.47. The maximum atomic E-state index is 11.9. The summed E-state index contributed by atoms with van der Waals surface area (Å²) in [6, 6.07) is 3.83. The molecule has 1 aromatic carbocycles. The number of ether oxygens (including phenoxy) is 1. The van der Waals surface area contributed by atoms with Crippen molar-refractivity contribution in [3.63, 3.8) is 0 Å². The first-order valence-electron chi connectivity index (χ1n) is 4.48. The third-order valence-corrected chi connectivity index (χ3v) is 2.04. The second kappa shape index (κ2) is 5.27. The average molecular weight is 269 g/mol. The van der Waals surface area contributed by atoms with E-state index in [9.17, 15) is 18.0 Å². The van der Waals surface area contributed by atoms with Gasteiger partial charge in [-0.3, -0.25) is 4.79 Å². The van der Waals surface area contributed by atoms with Crippen LogP contribution in [-0.4, -0.2) is 23.9 Å². The van der Waals surface area contributed by atoms with Crippen molar-refractivity contribution in [3.05, 3.63) is 28.8 Å². The van der Waals surface area contributed by atoms with Crippen LogP contribution in [0.15, 0.2) is 18.2 Å². The Balaban J connectivity index is 2.73. The number of carboxylic acid groups (broad SMARTS) is 1. The van der Waals surface area contributed by atoms with E-state index in [0.717, 1.165) is 0 Å². The van der Waals surface area contributed by atoms with Gasteiger partial charge in [0.2, 0.25) is 0 Å². The van der Waals surface area contributed by atoms with Gasteiger partial charge in [0.05, 0.1) is 11.4 Å². The minimum Gasteiger partial charge on any atom is -0.483 e. The van der Waals surface area contributed by atoms with Crippen LogP contribution >= 0.6 is 11.6 Å². The summed E-state index contributed by atoms with van der Waals surface area (Å²) in [6.45, 7) is -1.44. The van der Waals surface area contributed by atoms with E-state index in [1.54, 1.807) is 0 Å². The third kappa shape index (κ3) is 4.95. The summed E-state index contributed by atoms with van der Waals surface area (Å²) < 4.78 is 40.1. The highest BCUT2D eigenvalue weighted by atomic mass is 35.5. The molecule has 0 fully saturated rings. The van der Waals surface area contributed by atoms with Crippen molar-refractivity contribution in [1.82, 2.24) is 0 Å². The molecule has 0 aliphatic rings. The van der Waals surface area contributed by atoms with Gasteiger partial charge >= 0.3 is 12.1 Å². The third-order valence-electron chi connectivity index (χ3n) is 1.74. The van der Waals surface area contributed by atoms with Gasteiger partial charge in [0.1, 0.15) is 5.75 Å². The number of benzene rings is 1. The lowest BCUT2D eigenvalue weighted by Crippen LogP contribution is -2.19. The second-order valence-corrected chi connectivity index (χ2v) is 3.65. The highest BCUT2D eigenvalue weighted by Gasteiger charge is 2.28. The molecule has 0 unspecified atom stereocenters. The Bertz CT molecular complexity index is 418. The molecule has 7 heteroatoms. The number of halogens is 4. The SMILES string of the molecule is O=C(O)Cc1ccc(OCC(F)(F)F)c(Cl)c1. The first-order chi connectivity index (χ1) is 7.78. The molecule has 0 aliphatic carbocycles. The van der Waals surface area contributed by atoms with E-state index in [1.807, 2.05) is 0 Å². The number of rotatable bonds is 4. The molecule has 94 valence electrons. The molecule has 1 aromatic rings. The quantitative estimate of drug-likeness (QED) is 0.913. The molecule has 0 spiro atoms. The van der Waals surface area contributed by atoms with Crippen LogP contribution < -0.4 is 4.74 Å². The monoisotopic (exact) mass is 268 g/mol. The van der Waals surface area contributed by atoms with E-state index < -0.39 is 18.8 Å². The number of carbonyl (C=O) groups is 1. The summed E-state index contributed by atoms with van der Waals surface area (Å²) in [6.07, 6.45) is -4.69. The number of aliphatic carboxylic acids is 1. The maximum absolute atomic E-state index is 11.9. The fourth-order valence-corrected chi connectivity index (χ4v) is 1.36. The van der Waals surface area contributed by atoms with Crippen molar-refractivity contribution in [1.29, 1.82) is 0 Å². The Labute approximate surface area is 99.8 Å². The molecular formula is C10H8ClF3O3. The topological polar surface area (TPSA) is 46.5 Å². The van der Waals surface area contributed by atoms with E-state index in [0.29, 0.717) is 5.56 Å². The lowest BCUT2D eigenvalue weighted by atomic mass is 10.1. The standard InChI is InChI=1S/C10H8ClF3O3/c11-7-3-6(4-9(15)16)1-2-8(7)17-5-10(12,13)14/h1-3H,4-5H2,(H,15,16). The van der Waals surface area contributed by atoms with E-state index >= 15 is 0 Å². The van der Waals surface area contributed by atoms with Crippen molar-refractivity contribution in [2.24, 2.45) is 0 Å². The highest BCUT2D eigenvalue weighted by Crippen LogP contribution is 2.27.